The number of benzene rings is 1. The minimum atomic E-state index is -0.231. The number of rotatable bonds is 7. The molecule has 0 fully saturated rings. The van der Waals surface area contributed by atoms with Crippen LogP contribution < -0.4 is 5.32 Å². The van der Waals surface area contributed by atoms with Crippen molar-refractivity contribution in [1.82, 2.24) is 0 Å². The largest absolute Gasteiger partial charge is 0.460 e. The van der Waals surface area contributed by atoms with Crippen LogP contribution in [0.25, 0.3) is 0 Å². The normalized spacial score (nSPS) is 10.7. The van der Waals surface area contributed by atoms with E-state index in [1.807, 2.05) is 19.1 Å². The fourth-order valence-electron chi connectivity index (χ4n) is 1.92. The molecule has 0 aliphatic carbocycles. The number of ether oxygens (including phenoxy) is 1. The van der Waals surface area contributed by atoms with E-state index < -0.39 is 0 Å². The van der Waals surface area contributed by atoms with Gasteiger partial charge in [0.1, 0.15) is 13.2 Å². The van der Waals surface area contributed by atoms with Gasteiger partial charge in [-0.1, -0.05) is 44.2 Å². The van der Waals surface area contributed by atoms with Crippen LogP contribution in [0.3, 0.4) is 0 Å². The molecule has 1 aromatic carbocycles. The van der Waals surface area contributed by atoms with Crippen LogP contribution in [0.1, 0.15) is 31.9 Å². The van der Waals surface area contributed by atoms with E-state index in [0.29, 0.717) is 6.61 Å². The Morgan fingerprint density at radius 3 is 2.42 bits per heavy atom. The van der Waals surface area contributed by atoms with Crippen LogP contribution in [0.5, 0.6) is 0 Å². The van der Waals surface area contributed by atoms with Gasteiger partial charge in [0, 0.05) is 5.69 Å². The molecular formula is C16H23NO2. The van der Waals surface area contributed by atoms with E-state index in [0.717, 1.165) is 18.5 Å². The van der Waals surface area contributed by atoms with Crippen LogP contribution in [0, 0.1) is 0 Å². The summed E-state index contributed by atoms with van der Waals surface area (Å²) < 4.78 is 5.06. The van der Waals surface area contributed by atoms with Gasteiger partial charge in [0.15, 0.2) is 0 Å². The Balaban J connectivity index is 2.63. The number of carbonyl (C=O) groups excluding carboxylic acids is 1. The zero-order chi connectivity index (χ0) is 14.1. The standard InChI is InChI=1S/C16H23NO2/c1-4-7-11-19-15(18)12-17-16-13(5-2)9-8-10-14(16)6-3/h4,7-10,17H,5-6,11-12H2,1-3H3/b7-4+. The number of allylic oxidation sites excluding steroid dienone is 1. The van der Waals surface area contributed by atoms with Crippen molar-refractivity contribution in [2.45, 2.75) is 33.6 Å². The second-order valence-corrected chi connectivity index (χ2v) is 4.26. The lowest BCUT2D eigenvalue weighted by atomic mass is 10.0. The number of anilines is 1. The Morgan fingerprint density at radius 2 is 1.89 bits per heavy atom. The predicted molar refractivity (Wildman–Crippen MR) is 79.5 cm³/mol. The van der Waals surface area contributed by atoms with Gasteiger partial charge in [-0.25, -0.2) is 0 Å². The van der Waals surface area contributed by atoms with E-state index in [-0.39, 0.29) is 12.5 Å². The van der Waals surface area contributed by atoms with Gasteiger partial charge in [-0.15, -0.1) is 0 Å². The molecule has 1 N–H and O–H groups in total. The van der Waals surface area contributed by atoms with Crippen molar-refractivity contribution >= 4 is 11.7 Å². The highest BCUT2D eigenvalue weighted by molar-refractivity contribution is 5.76. The third-order valence-electron chi connectivity index (χ3n) is 2.98. The molecule has 0 aliphatic rings. The summed E-state index contributed by atoms with van der Waals surface area (Å²) in [4.78, 5) is 11.6. The second kappa shape index (κ2) is 8.35. The van der Waals surface area contributed by atoms with Crippen molar-refractivity contribution in [3.05, 3.63) is 41.5 Å². The molecule has 0 aromatic heterocycles. The fraction of sp³-hybridized carbons (Fsp3) is 0.438. The Kier molecular flexibility index (Phi) is 6.72. The molecule has 0 unspecified atom stereocenters. The van der Waals surface area contributed by atoms with Gasteiger partial charge in [-0.05, 0) is 30.9 Å². The van der Waals surface area contributed by atoms with E-state index in [9.17, 15) is 4.79 Å². The first kappa shape index (κ1) is 15.3. The van der Waals surface area contributed by atoms with Crippen LogP contribution in [-0.4, -0.2) is 19.1 Å². The Hall–Kier alpha value is -1.77. The first-order valence-corrected chi connectivity index (χ1v) is 6.84. The summed E-state index contributed by atoms with van der Waals surface area (Å²) in [5.41, 5.74) is 3.55. The maximum absolute atomic E-state index is 11.6. The summed E-state index contributed by atoms with van der Waals surface area (Å²) in [5, 5.41) is 3.21. The van der Waals surface area contributed by atoms with Crippen LogP contribution in [-0.2, 0) is 22.4 Å². The number of hydrogen-bond donors (Lipinski definition) is 1. The third kappa shape index (κ3) is 4.78. The number of carbonyl (C=O) groups is 1. The van der Waals surface area contributed by atoms with E-state index in [4.69, 9.17) is 4.74 Å². The predicted octanol–water partition coefficient (Wildman–Crippen LogP) is 3.34. The Morgan fingerprint density at radius 1 is 1.26 bits per heavy atom. The number of aryl methyl sites for hydroxylation is 2. The molecular weight excluding hydrogens is 238 g/mol. The zero-order valence-corrected chi connectivity index (χ0v) is 12.0. The first-order chi connectivity index (χ1) is 9.22. The fourth-order valence-corrected chi connectivity index (χ4v) is 1.92. The molecule has 0 spiro atoms. The van der Waals surface area contributed by atoms with Crippen LogP contribution >= 0.6 is 0 Å². The van der Waals surface area contributed by atoms with Gasteiger partial charge < -0.3 is 10.1 Å². The second-order valence-electron chi connectivity index (χ2n) is 4.26. The lowest BCUT2D eigenvalue weighted by Gasteiger charge is -2.14. The average Bonchev–Trinajstić information content (AvgIpc) is 2.44. The zero-order valence-electron chi connectivity index (χ0n) is 12.0. The molecule has 1 rings (SSSR count). The molecule has 0 bridgehead atoms. The maximum atomic E-state index is 11.6. The van der Waals surface area contributed by atoms with Crippen molar-refractivity contribution in [3.63, 3.8) is 0 Å². The van der Waals surface area contributed by atoms with Crippen LogP contribution in [0.15, 0.2) is 30.4 Å². The van der Waals surface area contributed by atoms with Gasteiger partial charge in [-0.3, -0.25) is 4.79 Å². The van der Waals surface area contributed by atoms with Crippen molar-refractivity contribution in [2.24, 2.45) is 0 Å². The summed E-state index contributed by atoms with van der Waals surface area (Å²) in [5.74, 6) is -0.231. The topological polar surface area (TPSA) is 38.3 Å². The Bertz CT molecular complexity index is 416. The molecule has 3 nitrogen and oxygen atoms in total. The minimum Gasteiger partial charge on any atom is -0.460 e. The van der Waals surface area contributed by atoms with Gasteiger partial charge in [-0.2, -0.15) is 0 Å². The SMILES string of the molecule is C/C=C/COC(=O)CNc1c(CC)cccc1CC. The number of nitrogens with one attached hydrogen (secondary N) is 1. The number of para-hydroxylation sites is 1. The summed E-state index contributed by atoms with van der Waals surface area (Å²) in [6.45, 7) is 6.68. The highest BCUT2D eigenvalue weighted by Gasteiger charge is 2.08. The van der Waals surface area contributed by atoms with E-state index in [2.05, 4.69) is 37.4 Å². The number of esters is 1. The summed E-state index contributed by atoms with van der Waals surface area (Å²) in [7, 11) is 0. The molecule has 19 heavy (non-hydrogen) atoms. The molecule has 3 heteroatoms. The van der Waals surface area contributed by atoms with Crippen molar-refractivity contribution in [1.29, 1.82) is 0 Å². The van der Waals surface area contributed by atoms with E-state index in [1.165, 1.54) is 11.1 Å². The number of hydrogen-bond acceptors (Lipinski definition) is 3. The summed E-state index contributed by atoms with van der Waals surface area (Å²) >= 11 is 0. The smallest absolute Gasteiger partial charge is 0.325 e. The highest BCUT2D eigenvalue weighted by atomic mass is 16.5. The van der Waals surface area contributed by atoms with Crippen molar-refractivity contribution < 1.29 is 9.53 Å². The average molecular weight is 261 g/mol. The monoisotopic (exact) mass is 261 g/mol. The van der Waals surface area contributed by atoms with E-state index >= 15 is 0 Å². The molecule has 1 aromatic rings. The maximum Gasteiger partial charge on any atom is 0.325 e. The molecule has 0 aliphatic heterocycles. The highest BCUT2D eigenvalue weighted by Crippen LogP contribution is 2.22. The van der Waals surface area contributed by atoms with Gasteiger partial charge in [0.25, 0.3) is 0 Å². The lowest BCUT2D eigenvalue weighted by molar-refractivity contribution is -0.140. The van der Waals surface area contributed by atoms with Crippen LogP contribution in [0.2, 0.25) is 0 Å². The summed E-state index contributed by atoms with van der Waals surface area (Å²) in [6, 6.07) is 6.24. The molecule has 0 radical (unpaired) electrons. The Labute approximate surface area is 115 Å². The van der Waals surface area contributed by atoms with Gasteiger partial charge >= 0.3 is 5.97 Å². The third-order valence-corrected chi connectivity index (χ3v) is 2.98. The minimum absolute atomic E-state index is 0.210. The van der Waals surface area contributed by atoms with E-state index in [1.54, 1.807) is 0 Å². The first-order valence-electron chi connectivity index (χ1n) is 6.84. The molecule has 0 saturated carbocycles. The van der Waals surface area contributed by atoms with Crippen molar-refractivity contribution in [3.8, 4) is 0 Å². The van der Waals surface area contributed by atoms with Gasteiger partial charge in [0.05, 0.1) is 0 Å². The molecule has 0 saturated heterocycles. The molecule has 0 amide bonds. The molecule has 104 valence electrons. The lowest BCUT2D eigenvalue weighted by Crippen LogP contribution is -2.18. The summed E-state index contributed by atoms with van der Waals surface area (Å²) in [6.07, 6.45) is 5.57. The molecule has 0 heterocycles. The van der Waals surface area contributed by atoms with Gasteiger partial charge in [0.2, 0.25) is 0 Å². The van der Waals surface area contributed by atoms with Crippen molar-refractivity contribution in [2.75, 3.05) is 18.5 Å². The molecule has 0 atom stereocenters. The quantitative estimate of drug-likeness (QED) is 0.604. The van der Waals surface area contributed by atoms with Crippen LogP contribution in [0.4, 0.5) is 5.69 Å².